The third-order valence-corrected chi connectivity index (χ3v) is 5.14. The molecule has 3 N–H and O–H groups in total. The number of aliphatic hydroxyl groups is 2. The van der Waals surface area contributed by atoms with Gasteiger partial charge in [0.1, 0.15) is 0 Å². The predicted molar refractivity (Wildman–Crippen MR) is 103 cm³/mol. The highest BCUT2D eigenvalue weighted by atomic mass is 35.5. The molecule has 7 heteroatoms. The molecule has 2 aromatic rings. The van der Waals surface area contributed by atoms with Crippen LogP contribution in [0.25, 0.3) is 0 Å². The summed E-state index contributed by atoms with van der Waals surface area (Å²) in [7, 11) is 0. The number of halogens is 2. The third-order valence-electron chi connectivity index (χ3n) is 4.63. The third kappa shape index (κ3) is 3.11. The van der Waals surface area contributed by atoms with E-state index in [1.165, 1.54) is 0 Å². The first-order valence-corrected chi connectivity index (χ1v) is 9.13. The summed E-state index contributed by atoms with van der Waals surface area (Å²) in [5.41, 5.74) is -3.26. The number of hydrogen-bond donors (Lipinski definition) is 3. The summed E-state index contributed by atoms with van der Waals surface area (Å²) in [6.07, 6.45) is 0. The summed E-state index contributed by atoms with van der Waals surface area (Å²) in [6, 6.07) is 12.6. The van der Waals surface area contributed by atoms with Crippen LogP contribution in [0.15, 0.2) is 59.8 Å². The lowest BCUT2D eigenvalue weighted by Gasteiger charge is -2.40. The normalized spacial score (nSPS) is 24.7. The van der Waals surface area contributed by atoms with Gasteiger partial charge in [-0.2, -0.15) is 0 Å². The molecule has 0 fully saturated rings. The predicted octanol–water partition coefficient (Wildman–Crippen LogP) is 3.47. The van der Waals surface area contributed by atoms with Crippen LogP contribution in [0.4, 0.5) is 0 Å². The number of hydrogen-bond acceptors (Lipinski definition) is 5. The van der Waals surface area contributed by atoms with Crippen molar-refractivity contribution in [3.8, 4) is 0 Å². The van der Waals surface area contributed by atoms with Crippen LogP contribution in [0.5, 0.6) is 0 Å². The molecular formula is C20H19Cl2NO4. The van der Waals surface area contributed by atoms with Gasteiger partial charge in [0.15, 0.2) is 5.60 Å². The monoisotopic (exact) mass is 407 g/mol. The van der Waals surface area contributed by atoms with E-state index >= 15 is 0 Å². The van der Waals surface area contributed by atoms with Crippen LogP contribution in [0, 0.1) is 0 Å². The number of ether oxygens (including phenoxy) is 1. The molecule has 0 bridgehead atoms. The largest absolute Gasteiger partial charge is 0.462 e. The second-order valence-electron chi connectivity index (χ2n) is 6.28. The van der Waals surface area contributed by atoms with Gasteiger partial charge in [0.05, 0.1) is 12.2 Å². The Bertz CT molecular complexity index is 895. The van der Waals surface area contributed by atoms with Crippen molar-refractivity contribution >= 4 is 29.2 Å². The fourth-order valence-corrected chi connectivity index (χ4v) is 3.65. The van der Waals surface area contributed by atoms with E-state index in [1.54, 1.807) is 62.4 Å². The second-order valence-corrected chi connectivity index (χ2v) is 7.15. The Balaban J connectivity index is 2.24. The minimum absolute atomic E-state index is 0.0656. The van der Waals surface area contributed by atoms with Gasteiger partial charge in [-0.1, -0.05) is 47.5 Å². The van der Waals surface area contributed by atoms with E-state index in [4.69, 9.17) is 27.9 Å². The molecule has 0 aliphatic carbocycles. The van der Waals surface area contributed by atoms with Crippen LogP contribution >= 0.6 is 23.2 Å². The molecule has 2 atom stereocenters. The van der Waals surface area contributed by atoms with Crippen LogP contribution in [0.1, 0.15) is 25.0 Å². The molecule has 0 saturated carbocycles. The van der Waals surface area contributed by atoms with Gasteiger partial charge < -0.3 is 20.3 Å². The van der Waals surface area contributed by atoms with Gasteiger partial charge >= 0.3 is 5.97 Å². The lowest BCUT2D eigenvalue weighted by Crippen LogP contribution is -2.54. The Hall–Kier alpha value is -2.05. The first-order chi connectivity index (χ1) is 12.7. The molecule has 0 aromatic heterocycles. The Morgan fingerprint density at radius 1 is 1.00 bits per heavy atom. The molecule has 2 aromatic carbocycles. The van der Waals surface area contributed by atoms with Gasteiger partial charge in [0, 0.05) is 21.3 Å². The molecule has 3 rings (SSSR count). The summed E-state index contributed by atoms with van der Waals surface area (Å²) in [5.74, 6) is -0.718. The summed E-state index contributed by atoms with van der Waals surface area (Å²) < 4.78 is 5.13. The number of rotatable bonds is 4. The quantitative estimate of drug-likeness (QED) is 0.676. The first kappa shape index (κ1) is 19.7. The van der Waals surface area contributed by atoms with E-state index < -0.39 is 17.3 Å². The number of esters is 1. The highest BCUT2D eigenvalue weighted by Gasteiger charge is 2.61. The number of benzene rings is 2. The summed E-state index contributed by atoms with van der Waals surface area (Å²) in [6.45, 7) is 3.40. The fraction of sp³-hybridized carbons (Fsp3) is 0.250. The second kappa shape index (κ2) is 7.17. The average Bonchev–Trinajstić information content (AvgIpc) is 2.83. The topological polar surface area (TPSA) is 78.8 Å². The minimum atomic E-state index is -2.11. The maximum absolute atomic E-state index is 12.6. The van der Waals surface area contributed by atoms with Crippen molar-refractivity contribution in [3.05, 3.63) is 81.0 Å². The molecule has 0 amide bonds. The zero-order valence-corrected chi connectivity index (χ0v) is 16.3. The molecule has 1 heterocycles. The molecule has 0 spiro atoms. The summed E-state index contributed by atoms with van der Waals surface area (Å²) in [5, 5.41) is 27.1. The number of carbonyl (C=O) groups excluding carboxylic acids is 1. The average molecular weight is 408 g/mol. The molecule has 0 radical (unpaired) electrons. The number of carbonyl (C=O) groups is 1. The van der Waals surface area contributed by atoms with Crippen molar-refractivity contribution in [2.24, 2.45) is 0 Å². The summed E-state index contributed by atoms with van der Waals surface area (Å²) in [4.78, 5) is 12.6. The number of nitrogens with one attached hydrogen (secondary N) is 1. The van der Waals surface area contributed by atoms with Crippen LogP contribution < -0.4 is 5.32 Å². The Kier molecular flexibility index (Phi) is 5.23. The highest BCUT2D eigenvalue weighted by molar-refractivity contribution is 6.30. The molecule has 0 saturated heterocycles. The zero-order chi connectivity index (χ0) is 19.8. The Labute approximate surface area is 167 Å². The maximum Gasteiger partial charge on any atom is 0.339 e. The zero-order valence-electron chi connectivity index (χ0n) is 14.8. The van der Waals surface area contributed by atoms with Gasteiger partial charge in [0.25, 0.3) is 0 Å². The minimum Gasteiger partial charge on any atom is -0.462 e. The lowest BCUT2D eigenvalue weighted by molar-refractivity contribution is -0.160. The van der Waals surface area contributed by atoms with Crippen molar-refractivity contribution in [2.45, 2.75) is 25.2 Å². The van der Waals surface area contributed by atoms with Crippen LogP contribution in [0.3, 0.4) is 0 Å². The standard InChI is InChI=1S/C20H19Cl2NO4/c1-3-27-18(24)17-12(2)23-20(26,14-6-10-16(22)11-7-14)19(17,25)13-4-8-15(21)9-5-13/h4-11,23,25-26H,3H2,1-2H3/t19-,20-/m1/s1. The summed E-state index contributed by atoms with van der Waals surface area (Å²) >= 11 is 11.9. The van der Waals surface area contributed by atoms with Crippen molar-refractivity contribution in [1.82, 2.24) is 5.32 Å². The van der Waals surface area contributed by atoms with Crippen molar-refractivity contribution in [2.75, 3.05) is 6.61 Å². The van der Waals surface area contributed by atoms with Gasteiger partial charge in [-0.3, -0.25) is 0 Å². The molecular weight excluding hydrogens is 389 g/mol. The fourth-order valence-electron chi connectivity index (χ4n) is 3.40. The molecule has 5 nitrogen and oxygen atoms in total. The van der Waals surface area contributed by atoms with E-state index in [0.29, 0.717) is 21.3 Å². The van der Waals surface area contributed by atoms with E-state index in [1.807, 2.05) is 0 Å². The van der Waals surface area contributed by atoms with E-state index in [2.05, 4.69) is 5.32 Å². The maximum atomic E-state index is 12.6. The van der Waals surface area contributed by atoms with E-state index in [9.17, 15) is 15.0 Å². The smallest absolute Gasteiger partial charge is 0.339 e. The van der Waals surface area contributed by atoms with Crippen molar-refractivity contribution in [1.29, 1.82) is 0 Å². The first-order valence-electron chi connectivity index (χ1n) is 8.37. The Morgan fingerprint density at radius 2 is 1.48 bits per heavy atom. The number of allylic oxidation sites excluding steroid dienone is 1. The van der Waals surface area contributed by atoms with Gasteiger partial charge in [-0.05, 0) is 43.7 Å². The molecule has 1 aliphatic heterocycles. The van der Waals surface area contributed by atoms with Crippen LogP contribution in [-0.2, 0) is 20.9 Å². The molecule has 142 valence electrons. The van der Waals surface area contributed by atoms with Gasteiger partial charge in [0.2, 0.25) is 5.72 Å². The van der Waals surface area contributed by atoms with Crippen LogP contribution in [0.2, 0.25) is 10.0 Å². The van der Waals surface area contributed by atoms with Gasteiger partial charge in [-0.15, -0.1) is 0 Å². The van der Waals surface area contributed by atoms with E-state index in [0.717, 1.165) is 0 Å². The van der Waals surface area contributed by atoms with Crippen molar-refractivity contribution < 1.29 is 19.7 Å². The molecule has 27 heavy (non-hydrogen) atoms. The van der Waals surface area contributed by atoms with Crippen molar-refractivity contribution in [3.63, 3.8) is 0 Å². The van der Waals surface area contributed by atoms with Crippen LogP contribution in [-0.4, -0.2) is 22.8 Å². The highest BCUT2D eigenvalue weighted by Crippen LogP contribution is 2.50. The molecule has 1 aliphatic rings. The lowest BCUT2D eigenvalue weighted by atomic mass is 9.76. The van der Waals surface area contributed by atoms with Gasteiger partial charge in [-0.25, -0.2) is 4.79 Å². The molecule has 0 unspecified atom stereocenters. The SMILES string of the molecule is CCOC(=O)C1=C(C)N[C@@](O)(c2ccc(Cl)cc2)[C@@]1(O)c1ccc(Cl)cc1. The Morgan fingerprint density at radius 3 is 1.96 bits per heavy atom. The van der Waals surface area contributed by atoms with E-state index in [-0.39, 0.29) is 17.7 Å².